The van der Waals surface area contributed by atoms with Crippen molar-refractivity contribution in [2.75, 3.05) is 10.6 Å². The number of hydrogen-bond donors (Lipinski definition) is 2. The van der Waals surface area contributed by atoms with E-state index in [4.69, 9.17) is 0 Å². The molecule has 0 radical (unpaired) electrons. The highest BCUT2D eigenvalue weighted by Gasteiger charge is 2.29. The molecular formula is C19H23N3O. The number of aryl methyl sites for hydroxylation is 1. The van der Waals surface area contributed by atoms with Crippen LogP contribution in [0.25, 0.3) is 0 Å². The molecule has 1 aromatic heterocycles. The van der Waals surface area contributed by atoms with E-state index in [1.54, 1.807) is 6.20 Å². The fourth-order valence-corrected chi connectivity index (χ4v) is 2.60. The van der Waals surface area contributed by atoms with E-state index in [-0.39, 0.29) is 11.8 Å². The molecule has 3 rings (SSSR count). The van der Waals surface area contributed by atoms with Crippen molar-refractivity contribution in [1.82, 2.24) is 4.98 Å². The van der Waals surface area contributed by atoms with Gasteiger partial charge in [-0.05, 0) is 48.9 Å². The van der Waals surface area contributed by atoms with Crippen molar-refractivity contribution in [2.45, 2.75) is 39.5 Å². The van der Waals surface area contributed by atoms with Gasteiger partial charge in [-0.2, -0.15) is 0 Å². The Bertz CT molecular complexity index is 703. The maximum atomic E-state index is 11.8. The number of carbonyl (C=O) groups excluding carboxylic acids is 1. The highest BCUT2D eigenvalue weighted by Crippen LogP contribution is 2.31. The first-order valence-corrected chi connectivity index (χ1v) is 8.18. The van der Waals surface area contributed by atoms with E-state index < -0.39 is 0 Å². The van der Waals surface area contributed by atoms with Crippen molar-refractivity contribution < 1.29 is 4.79 Å². The van der Waals surface area contributed by atoms with Crippen LogP contribution in [0.3, 0.4) is 0 Å². The zero-order chi connectivity index (χ0) is 16.4. The van der Waals surface area contributed by atoms with Gasteiger partial charge in [-0.1, -0.05) is 32.0 Å². The predicted molar refractivity (Wildman–Crippen MR) is 94.1 cm³/mol. The van der Waals surface area contributed by atoms with Gasteiger partial charge in [0, 0.05) is 11.6 Å². The lowest BCUT2D eigenvalue weighted by Crippen LogP contribution is -2.13. The summed E-state index contributed by atoms with van der Waals surface area (Å²) in [6.45, 7) is 6.46. The number of nitrogens with one attached hydrogen (secondary N) is 2. The molecule has 0 atom stereocenters. The van der Waals surface area contributed by atoms with Gasteiger partial charge in [-0.15, -0.1) is 0 Å². The van der Waals surface area contributed by atoms with Crippen LogP contribution in [0.15, 0.2) is 36.5 Å². The SMILES string of the molecule is Cc1cccc(C(C)C)c1Nc1ccc(NC(=O)C2CC2)cn1. The second kappa shape index (κ2) is 6.41. The number of nitrogens with zero attached hydrogens (tertiary/aromatic N) is 1. The lowest BCUT2D eigenvalue weighted by molar-refractivity contribution is -0.117. The van der Waals surface area contributed by atoms with Gasteiger partial charge in [-0.3, -0.25) is 4.79 Å². The van der Waals surface area contributed by atoms with E-state index in [9.17, 15) is 4.79 Å². The van der Waals surface area contributed by atoms with Crippen LogP contribution in [-0.4, -0.2) is 10.9 Å². The van der Waals surface area contributed by atoms with Crippen LogP contribution in [-0.2, 0) is 4.79 Å². The molecule has 1 aromatic carbocycles. The Morgan fingerprint density at radius 1 is 1.22 bits per heavy atom. The number of benzene rings is 1. The van der Waals surface area contributed by atoms with Crippen LogP contribution < -0.4 is 10.6 Å². The summed E-state index contributed by atoms with van der Waals surface area (Å²) < 4.78 is 0. The van der Waals surface area contributed by atoms with Gasteiger partial charge in [0.2, 0.25) is 5.91 Å². The van der Waals surface area contributed by atoms with Gasteiger partial charge in [0.25, 0.3) is 0 Å². The Balaban J connectivity index is 1.74. The molecule has 0 aliphatic heterocycles. The Morgan fingerprint density at radius 2 is 2.00 bits per heavy atom. The number of carbonyl (C=O) groups is 1. The molecule has 1 saturated carbocycles. The number of aromatic nitrogens is 1. The van der Waals surface area contributed by atoms with Gasteiger partial charge in [0.15, 0.2) is 0 Å². The Kier molecular flexibility index (Phi) is 4.33. The second-order valence-electron chi connectivity index (χ2n) is 6.51. The number of rotatable bonds is 5. The fourth-order valence-electron chi connectivity index (χ4n) is 2.60. The van der Waals surface area contributed by atoms with E-state index in [1.807, 2.05) is 12.1 Å². The molecule has 1 fully saturated rings. The molecule has 1 aliphatic carbocycles. The lowest BCUT2D eigenvalue weighted by Gasteiger charge is -2.17. The third-order valence-corrected chi connectivity index (χ3v) is 4.16. The third kappa shape index (κ3) is 3.70. The van der Waals surface area contributed by atoms with Crippen molar-refractivity contribution in [2.24, 2.45) is 5.92 Å². The Hall–Kier alpha value is -2.36. The zero-order valence-corrected chi connectivity index (χ0v) is 13.9. The number of para-hydroxylation sites is 1. The predicted octanol–water partition coefficient (Wildman–Crippen LogP) is 4.61. The number of pyridine rings is 1. The van der Waals surface area contributed by atoms with Crippen LogP contribution in [0.2, 0.25) is 0 Å². The van der Waals surface area contributed by atoms with E-state index >= 15 is 0 Å². The van der Waals surface area contributed by atoms with Crippen molar-refractivity contribution in [1.29, 1.82) is 0 Å². The zero-order valence-electron chi connectivity index (χ0n) is 13.9. The van der Waals surface area contributed by atoms with Gasteiger partial charge >= 0.3 is 0 Å². The largest absolute Gasteiger partial charge is 0.340 e. The Morgan fingerprint density at radius 3 is 2.61 bits per heavy atom. The molecule has 0 spiro atoms. The summed E-state index contributed by atoms with van der Waals surface area (Å²) in [5.74, 6) is 1.53. The van der Waals surface area contributed by atoms with Crippen molar-refractivity contribution in [3.63, 3.8) is 0 Å². The number of amides is 1. The standard InChI is InChI=1S/C19H23N3O/c1-12(2)16-6-4-5-13(3)18(16)22-17-10-9-15(11-20-17)21-19(23)14-7-8-14/h4-6,9-12,14H,7-8H2,1-3H3,(H,20,22)(H,21,23). The molecule has 0 unspecified atom stereocenters. The third-order valence-electron chi connectivity index (χ3n) is 4.16. The molecule has 120 valence electrons. The van der Waals surface area contributed by atoms with Crippen molar-refractivity contribution in [3.8, 4) is 0 Å². The highest BCUT2D eigenvalue weighted by molar-refractivity contribution is 5.93. The van der Waals surface area contributed by atoms with Crippen LogP contribution in [0, 0.1) is 12.8 Å². The molecule has 2 aromatic rings. The molecule has 4 heteroatoms. The van der Waals surface area contributed by atoms with Gasteiger partial charge < -0.3 is 10.6 Å². The minimum Gasteiger partial charge on any atom is -0.340 e. The second-order valence-corrected chi connectivity index (χ2v) is 6.51. The molecule has 23 heavy (non-hydrogen) atoms. The summed E-state index contributed by atoms with van der Waals surface area (Å²) in [5.41, 5.74) is 4.34. The molecule has 1 heterocycles. The van der Waals surface area contributed by atoms with Gasteiger partial charge in [0.1, 0.15) is 5.82 Å². The molecular weight excluding hydrogens is 286 g/mol. The summed E-state index contributed by atoms with van der Waals surface area (Å²) in [6, 6.07) is 10.1. The first kappa shape index (κ1) is 15.5. The van der Waals surface area contributed by atoms with E-state index in [1.165, 1.54) is 11.1 Å². The lowest BCUT2D eigenvalue weighted by atomic mass is 9.98. The van der Waals surface area contributed by atoms with Gasteiger partial charge in [-0.25, -0.2) is 4.98 Å². The summed E-state index contributed by atoms with van der Waals surface area (Å²) in [4.78, 5) is 16.2. The first-order valence-electron chi connectivity index (χ1n) is 8.18. The fraction of sp³-hybridized carbons (Fsp3) is 0.368. The van der Waals surface area contributed by atoms with Crippen LogP contribution in [0.5, 0.6) is 0 Å². The average Bonchev–Trinajstić information content (AvgIpc) is 3.35. The Labute approximate surface area is 137 Å². The minimum atomic E-state index is 0.105. The first-order chi connectivity index (χ1) is 11.0. The number of hydrogen-bond acceptors (Lipinski definition) is 3. The monoisotopic (exact) mass is 309 g/mol. The summed E-state index contributed by atoms with van der Waals surface area (Å²) in [5, 5.41) is 6.32. The molecule has 0 bridgehead atoms. The summed E-state index contributed by atoms with van der Waals surface area (Å²) in [7, 11) is 0. The average molecular weight is 309 g/mol. The molecule has 2 N–H and O–H groups in total. The quantitative estimate of drug-likeness (QED) is 0.848. The smallest absolute Gasteiger partial charge is 0.227 e. The molecule has 0 saturated heterocycles. The van der Waals surface area contributed by atoms with Crippen LogP contribution >= 0.6 is 0 Å². The normalized spacial score (nSPS) is 13.9. The minimum absolute atomic E-state index is 0.105. The van der Waals surface area contributed by atoms with Gasteiger partial charge in [0.05, 0.1) is 11.9 Å². The maximum absolute atomic E-state index is 11.8. The molecule has 4 nitrogen and oxygen atoms in total. The van der Waals surface area contributed by atoms with Crippen molar-refractivity contribution in [3.05, 3.63) is 47.7 Å². The summed E-state index contributed by atoms with van der Waals surface area (Å²) in [6.07, 6.45) is 3.71. The van der Waals surface area contributed by atoms with Crippen molar-refractivity contribution >= 4 is 23.1 Å². The molecule has 1 aliphatic rings. The highest BCUT2D eigenvalue weighted by atomic mass is 16.2. The molecule has 1 amide bonds. The topological polar surface area (TPSA) is 54.0 Å². The summed E-state index contributed by atoms with van der Waals surface area (Å²) >= 11 is 0. The number of anilines is 3. The van der Waals surface area contributed by atoms with E-state index in [2.05, 4.69) is 54.6 Å². The van der Waals surface area contributed by atoms with Crippen LogP contribution in [0.4, 0.5) is 17.2 Å². The van der Waals surface area contributed by atoms with E-state index in [0.717, 1.165) is 30.0 Å². The van der Waals surface area contributed by atoms with Crippen LogP contribution in [0.1, 0.15) is 43.7 Å². The van der Waals surface area contributed by atoms with E-state index in [0.29, 0.717) is 5.92 Å². The maximum Gasteiger partial charge on any atom is 0.227 e.